The average Bonchev–Trinajstić information content (AvgIpc) is 3.96. The van der Waals surface area contributed by atoms with E-state index >= 15 is 0 Å². The molecule has 3 aliphatic rings. The lowest BCUT2D eigenvalue weighted by atomic mass is 9.65. The fraction of sp³-hybridized carbons (Fsp3) is 0.0448. The standard InChI is InChI=1S/C67H47NO2Si/c1-4-18-51(19-5-1)71(52-20-6-2-7-21-52,53-22-8-3-9-23-53)54-40-34-47(35-41-54)46-32-36-48(37-33-46)68(49-38-42-64-58(44-49)57-26-12-16-30-63(57)69-64)50-39-43-66-62(45-50)67(61-29-15-17-31-65(61)70-66)59-27-13-10-24-55(59)56-25-11-14-28-60(56)67/h1-10,12-13,15-45H,11,14H2. The van der Waals surface area contributed by atoms with Gasteiger partial charge in [-0.1, -0.05) is 200 Å². The van der Waals surface area contributed by atoms with Crippen LogP contribution in [0.1, 0.15) is 35.1 Å². The van der Waals surface area contributed by atoms with E-state index < -0.39 is 13.5 Å². The molecule has 1 atom stereocenters. The molecule has 1 unspecified atom stereocenters. The summed E-state index contributed by atoms with van der Waals surface area (Å²) in [6, 6.07) is 91.2. The largest absolute Gasteiger partial charge is 0.457 e. The van der Waals surface area contributed by atoms with Gasteiger partial charge < -0.3 is 14.1 Å². The highest BCUT2D eigenvalue weighted by Crippen LogP contribution is 2.64. The molecule has 11 aromatic rings. The molecule has 1 aromatic heterocycles. The van der Waals surface area contributed by atoms with Crippen LogP contribution in [-0.2, 0) is 5.41 Å². The molecular formula is C67H47NO2Si. The van der Waals surface area contributed by atoms with Crippen LogP contribution in [0.25, 0.3) is 38.6 Å². The summed E-state index contributed by atoms with van der Waals surface area (Å²) in [6.07, 6.45) is 6.97. The van der Waals surface area contributed by atoms with Crippen LogP contribution in [0.2, 0.25) is 0 Å². The number of allylic oxidation sites excluding steroid dienone is 4. The third-order valence-electron chi connectivity index (χ3n) is 15.3. The number of benzene rings is 10. The molecule has 0 fully saturated rings. The molecule has 0 saturated carbocycles. The maximum atomic E-state index is 6.89. The van der Waals surface area contributed by atoms with Gasteiger partial charge in [0.05, 0.1) is 5.41 Å². The van der Waals surface area contributed by atoms with Gasteiger partial charge in [-0.2, -0.15) is 0 Å². The molecule has 1 aliphatic heterocycles. The molecule has 0 amide bonds. The first kappa shape index (κ1) is 41.3. The smallest absolute Gasteiger partial charge is 0.179 e. The van der Waals surface area contributed by atoms with E-state index in [1.807, 2.05) is 12.1 Å². The lowest BCUT2D eigenvalue weighted by Crippen LogP contribution is -2.74. The van der Waals surface area contributed by atoms with E-state index in [9.17, 15) is 0 Å². The van der Waals surface area contributed by atoms with Gasteiger partial charge in [-0.3, -0.25) is 0 Å². The number of para-hydroxylation sites is 2. The quantitative estimate of drug-likeness (QED) is 0.112. The summed E-state index contributed by atoms with van der Waals surface area (Å²) in [4.78, 5) is 2.40. The molecule has 0 radical (unpaired) electrons. The van der Waals surface area contributed by atoms with Crippen molar-refractivity contribution in [3.8, 4) is 22.6 Å². The van der Waals surface area contributed by atoms with Gasteiger partial charge >= 0.3 is 0 Å². The topological polar surface area (TPSA) is 25.6 Å². The molecule has 14 rings (SSSR count). The van der Waals surface area contributed by atoms with Gasteiger partial charge in [-0.25, -0.2) is 0 Å². The number of anilines is 3. The van der Waals surface area contributed by atoms with Gasteiger partial charge in [-0.15, -0.1) is 0 Å². The van der Waals surface area contributed by atoms with E-state index in [2.05, 4.69) is 254 Å². The first-order valence-corrected chi connectivity index (χ1v) is 26.7. The second-order valence-electron chi connectivity index (χ2n) is 19.0. The summed E-state index contributed by atoms with van der Waals surface area (Å²) in [6.45, 7) is 0. The minimum absolute atomic E-state index is 0.544. The first-order chi connectivity index (χ1) is 35.2. The van der Waals surface area contributed by atoms with E-state index in [1.54, 1.807) is 0 Å². The number of nitrogens with zero attached hydrogens (tertiary/aromatic N) is 1. The molecular weight excluding hydrogens is 879 g/mol. The van der Waals surface area contributed by atoms with E-state index in [-0.39, 0.29) is 0 Å². The molecule has 71 heavy (non-hydrogen) atoms. The Morgan fingerprint density at radius 1 is 0.380 bits per heavy atom. The summed E-state index contributed by atoms with van der Waals surface area (Å²) in [5, 5.41) is 7.63. The minimum atomic E-state index is -2.66. The van der Waals surface area contributed by atoms with Gasteiger partial charge in [0.2, 0.25) is 0 Å². The van der Waals surface area contributed by atoms with Crippen molar-refractivity contribution < 1.29 is 9.15 Å². The van der Waals surface area contributed by atoms with Crippen LogP contribution >= 0.6 is 0 Å². The fourth-order valence-electron chi connectivity index (χ4n) is 12.3. The molecule has 336 valence electrons. The van der Waals surface area contributed by atoms with E-state index in [4.69, 9.17) is 9.15 Å². The predicted molar refractivity (Wildman–Crippen MR) is 296 cm³/mol. The fourth-order valence-corrected chi connectivity index (χ4v) is 17.0. The molecule has 4 heteroatoms. The third kappa shape index (κ3) is 6.28. The van der Waals surface area contributed by atoms with Crippen LogP contribution in [0.3, 0.4) is 0 Å². The van der Waals surface area contributed by atoms with Gasteiger partial charge in [-0.05, 0) is 128 Å². The molecule has 0 N–H and O–H groups in total. The van der Waals surface area contributed by atoms with Crippen molar-refractivity contribution in [1.82, 2.24) is 0 Å². The molecule has 2 aliphatic carbocycles. The number of fused-ring (bicyclic) bond motifs is 12. The Labute approximate surface area is 414 Å². The molecule has 0 saturated heterocycles. The van der Waals surface area contributed by atoms with Crippen LogP contribution in [0, 0.1) is 0 Å². The molecule has 10 aromatic carbocycles. The van der Waals surface area contributed by atoms with Gasteiger partial charge in [0, 0.05) is 39.0 Å². The zero-order valence-electron chi connectivity index (χ0n) is 39.0. The highest BCUT2D eigenvalue weighted by molar-refractivity contribution is 7.19. The van der Waals surface area contributed by atoms with Crippen LogP contribution in [0.5, 0.6) is 11.5 Å². The first-order valence-electron chi connectivity index (χ1n) is 24.7. The lowest BCUT2D eigenvalue weighted by Gasteiger charge is -2.40. The van der Waals surface area contributed by atoms with Crippen molar-refractivity contribution in [2.75, 3.05) is 4.90 Å². The van der Waals surface area contributed by atoms with Crippen molar-refractivity contribution in [2.24, 2.45) is 0 Å². The second kappa shape index (κ2) is 16.5. The normalized spacial score (nSPS) is 15.5. The lowest BCUT2D eigenvalue weighted by molar-refractivity contribution is 0.436. The average molecular weight is 926 g/mol. The zero-order chi connectivity index (χ0) is 46.9. The highest BCUT2D eigenvalue weighted by atomic mass is 28.3. The van der Waals surface area contributed by atoms with Gasteiger partial charge in [0.1, 0.15) is 22.7 Å². The van der Waals surface area contributed by atoms with Gasteiger partial charge in [0.25, 0.3) is 0 Å². The summed E-state index contributed by atoms with van der Waals surface area (Å²) >= 11 is 0. The monoisotopic (exact) mass is 925 g/mol. The molecule has 1 spiro atoms. The number of furan rings is 1. The summed E-state index contributed by atoms with van der Waals surface area (Å²) in [5.74, 6) is 1.78. The van der Waals surface area contributed by atoms with Gasteiger partial charge in [0.15, 0.2) is 8.07 Å². The van der Waals surface area contributed by atoms with Crippen molar-refractivity contribution >= 4 is 73.4 Å². The maximum Gasteiger partial charge on any atom is 0.179 e. The Morgan fingerprint density at radius 2 is 0.901 bits per heavy atom. The number of rotatable bonds is 8. The molecule has 2 heterocycles. The van der Waals surface area contributed by atoms with Crippen molar-refractivity contribution in [3.63, 3.8) is 0 Å². The summed E-state index contributed by atoms with van der Waals surface area (Å²) < 4.78 is 13.3. The molecule has 3 nitrogen and oxygen atoms in total. The van der Waals surface area contributed by atoms with Crippen LogP contribution < -0.4 is 30.4 Å². The number of ether oxygens (including phenoxy) is 1. The second-order valence-corrected chi connectivity index (χ2v) is 22.8. The minimum Gasteiger partial charge on any atom is -0.457 e. The summed E-state index contributed by atoms with van der Waals surface area (Å²) in [5.41, 5.74) is 14.3. The van der Waals surface area contributed by atoms with Crippen molar-refractivity contribution in [3.05, 3.63) is 289 Å². The Balaban J connectivity index is 0.917. The Hall–Kier alpha value is -8.70. The Kier molecular flexibility index (Phi) is 9.58. The highest BCUT2D eigenvalue weighted by Gasteiger charge is 2.53. The Morgan fingerprint density at radius 3 is 1.62 bits per heavy atom. The van der Waals surface area contributed by atoms with Crippen LogP contribution in [0.4, 0.5) is 17.1 Å². The third-order valence-corrected chi connectivity index (χ3v) is 20.1. The summed E-state index contributed by atoms with van der Waals surface area (Å²) in [7, 11) is -2.66. The van der Waals surface area contributed by atoms with Crippen LogP contribution in [-0.4, -0.2) is 8.07 Å². The van der Waals surface area contributed by atoms with E-state index in [0.717, 1.165) is 74.5 Å². The number of hydrogen-bond acceptors (Lipinski definition) is 3. The van der Waals surface area contributed by atoms with Crippen LogP contribution in [0.15, 0.2) is 271 Å². The van der Waals surface area contributed by atoms with Crippen molar-refractivity contribution in [1.29, 1.82) is 0 Å². The van der Waals surface area contributed by atoms with E-state index in [1.165, 1.54) is 54.1 Å². The SMILES string of the molecule is C1=C2C(=CCC1)C1(c3ccccc3Oc3ccc(N(c4ccc(-c5ccc([Si](c6ccccc6)(c6ccccc6)c6ccccc6)cc5)cc4)c4ccc5oc6ccccc6c5c4)cc31)c1ccccc12. The number of hydrogen-bond donors (Lipinski definition) is 0. The van der Waals surface area contributed by atoms with Crippen molar-refractivity contribution in [2.45, 2.75) is 18.3 Å². The zero-order valence-corrected chi connectivity index (χ0v) is 40.0. The van der Waals surface area contributed by atoms with E-state index in [0.29, 0.717) is 0 Å². The molecule has 0 bridgehead atoms. The Bertz CT molecular complexity index is 3800. The predicted octanol–water partition coefficient (Wildman–Crippen LogP) is 14.7. The maximum absolute atomic E-state index is 6.89.